The zero-order valence-corrected chi connectivity index (χ0v) is 37.9. The molecule has 6 heterocycles. The summed E-state index contributed by atoms with van der Waals surface area (Å²) in [5, 5.41) is 9.20. The summed E-state index contributed by atoms with van der Waals surface area (Å²) < 4.78 is 78.6. The molecule has 9 fully saturated rings. The van der Waals surface area contributed by atoms with Gasteiger partial charge in [-0.25, -0.2) is 25.6 Å². The molecule has 6 aliphatic heterocycles. The van der Waals surface area contributed by atoms with Crippen LogP contribution in [0.15, 0.2) is 0 Å². The van der Waals surface area contributed by atoms with Gasteiger partial charge < -0.3 is 4.74 Å². The van der Waals surface area contributed by atoms with E-state index < -0.39 is 37.6 Å². The Kier molecular flexibility index (Phi) is 14.2. The third-order valence-electron chi connectivity index (χ3n) is 15.4. The van der Waals surface area contributed by atoms with Gasteiger partial charge in [0, 0.05) is 49.2 Å². The van der Waals surface area contributed by atoms with Crippen LogP contribution in [-0.2, 0) is 24.4 Å². The van der Waals surface area contributed by atoms with E-state index in [4.69, 9.17) is 4.74 Å². The highest BCUT2D eigenvalue weighted by Crippen LogP contribution is 2.66. The van der Waals surface area contributed by atoms with Gasteiger partial charge in [0.1, 0.15) is 17.9 Å². The number of nitriles is 1. The van der Waals surface area contributed by atoms with Gasteiger partial charge in [-0.2, -0.15) is 5.26 Å². The number of hydrogen-bond donors (Lipinski definition) is 0. The van der Waals surface area contributed by atoms with Gasteiger partial charge in [0.05, 0.1) is 42.3 Å². The smallest absolute Gasteiger partial charge is 0.156 e. The summed E-state index contributed by atoms with van der Waals surface area (Å²) in [4.78, 5) is 6.59. The number of nitrogens with zero attached hydrogens (tertiary/aromatic N) is 4. The van der Waals surface area contributed by atoms with E-state index in [-0.39, 0.29) is 52.8 Å². The molecule has 3 aliphatic carbocycles. The van der Waals surface area contributed by atoms with E-state index in [1.807, 2.05) is 25.7 Å². The van der Waals surface area contributed by atoms with Crippen LogP contribution in [0.25, 0.3) is 0 Å². The molecule has 324 valence electrons. The zero-order valence-electron chi connectivity index (χ0n) is 36.3. The highest BCUT2D eigenvalue weighted by Gasteiger charge is 2.65. The summed E-state index contributed by atoms with van der Waals surface area (Å²) in [6, 6.07) is 2.08. The van der Waals surface area contributed by atoms with Crippen molar-refractivity contribution in [1.82, 2.24) is 14.7 Å². The molecule has 56 heavy (non-hydrogen) atoms. The first-order valence-electron chi connectivity index (χ1n) is 22.0. The summed E-state index contributed by atoms with van der Waals surface area (Å²) in [6.07, 6.45) is 9.82. The largest absolute Gasteiger partial charge is 0.380 e. The Balaban J connectivity index is 0.000000153. The Hall–Kier alpha value is -0.910. The Morgan fingerprint density at radius 3 is 1.61 bits per heavy atom. The molecule has 9 nitrogen and oxygen atoms in total. The molecule has 0 aromatic heterocycles. The fourth-order valence-corrected chi connectivity index (χ4v) is 15.5. The highest BCUT2D eigenvalue weighted by molar-refractivity contribution is 7.93. The maximum absolute atomic E-state index is 14.1. The van der Waals surface area contributed by atoms with Gasteiger partial charge >= 0.3 is 0 Å². The highest BCUT2D eigenvalue weighted by atomic mass is 32.2. The average Bonchev–Trinajstić information content (AvgIpc) is 3.04. The van der Waals surface area contributed by atoms with Crippen molar-refractivity contribution >= 4 is 19.7 Å². The number of sulfone groups is 2. The molecule has 6 saturated heterocycles. The van der Waals surface area contributed by atoms with E-state index >= 15 is 0 Å². The van der Waals surface area contributed by atoms with Crippen molar-refractivity contribution in [2.24, 2.45) is 40.4 Å². The SMILES string of the molecule is CC(C)C12CCCC(N3CC4(COC4)C3)(C1)C2.CC(C)C1CCN(C2(C#N)CS(=O)(=O)C2)CC1F.CC(C)C1CCN(C2(C)CS(=O)(=O)C2)CC1F.CCCC. The maximum atomic E-state index is 14.1. The molecule has 0 N–H and O–H groups in total. The summed E-state index contributed by atoms with van der Waals surface area (Å²) >= 11 is 0. The van der Waals surface area contributed by atoms with Crippen LogP contribution in [0.3, 0.4) is 0 Å². The van der Waals surface area contributed by atoms with Crippen LogP contribution >= 0.6 is 0 Å². The first kappa shape index (κ1) is 46.2. The number of unbranched alkanes of at least 4 members (excludes halogenated alkanes) is 1. The van der Waals surface area contributed by atoms with Crippen LogP contribution in [0.1, 0.15) is 120 Å². The van der Waals surface area contributed by atoms with E-state index in [0.29, 0.717) is 36.4 Å². The molecule has 4 atom stereocenters. The van der Waals surface area contributed by atoms with Crippen LogP contribution in [0.5, 0.6) is 0 Å². The monoisotopic (exact) mass is 831 g/mol. The molecular formula is C43H76F2N4O5S2. The van der Waals surface area contributed by atoms with E-state index in [0.717, 1.165) is 37.5 Å². The first-order chi connectivity index (χ1) is 26.0. The number of likely N-dealkylation sites (tertiary alicyclic amines) is 3. The second-order valence-electron chi connectivity index (χ2n) is 20.8. The molecule has 4 unspecified atom stereocenters. The van der Waals surface area contributed by atoms with Crippen molar-refractivity contribution in [2.45, 2.75) is 149 Å². The maximum Gasteiger partial charge on any atom is 0.156 e. The van der Waals surface area contributed by atoms with Crippen molar-refractivity contribution in [3.05, 3.63) is 0 Å². The van der Waals surface area contributed by atoms with Crippen molar-refractivity contribution < 1.29 is 30.4 Å². The third-order valence-corrected chi connectivity index (χ3v) is 19.4. The topological polar surface area (TPSA) is 111 Å². The number of hydrogen-bond acceptors (Lipinski definition) is 9. The predicted molar refractivity (Wildman–Crippen MR) is 221 cm³/mol. The number of piperidine rings is 2. The van der Waals surface area contributed by atoms with E-state index in [9.17, 15) is 30.9 Å². The molecular weight excluding hydrogens is 755 g/mol. The second kappa shape index (κ2) is 17.2. The number of rotatable bonds is 7. The first-order valence-corrected chi connectivity index (χ1v) is 25.6. The molecule has 0 aromatic carbocycles. The van der Waals surface area contributed by atoms with E-state index in [1.165, 1.54) is 58.0 Å². The van der Waals surface area contributed by atoms with Crippen LogP contribution in [-0.4, -0.2) is 136 Å². The molecule has 1 spiro atoms. The minimum absolute atomic E-state index is 0.0219. The minimum atomic E-state index is -3.08. The molecule has 13 heteroatoms. The van der Waals surface area contributed by atoms with Gasteiger partial charge in [-0.3, -0.25) is 14.7 Å². The van der Waals surface area contributed by atoms with E-state index in [2.05, 4.69) is 52.5 Å². The standard InChI is InChI=1S/C15H25NO.C12H19FN2O2S.C12H22FNO2S.C4H10/c1-12(2)14-4-3-5-15(6-14,7-14)16-8-13(9-16)10-17-11-13;1-9(2)10-3-4-15(5-11(10)13)12(6-14)7-18(16,17)8-12;1-9(2)10-4-5-14(6-11(10)13)12(3)7-17(15,16)8-12;1-3-4-2/h12H,3-11H2,1-2H3;9-11H,3-5,7-8H2,1-2H3;9-11H,4-8H2,1-3H3;3-4H2,1-2H3. The molecule has 0 amide bonds. The lowest BCUT2D eigenvalue weighted by Crippen LogP contribution is -2.76. The lowest BCUT2D eigenvalue weighted by atomic mass is 9.45. The van der Waals surface area contributed by atoms with Crippen LogP contribution < -0.4 is 0 Å². The predicted octanol–water partition coefficient (Wildman–Crippen LogP) is 6.97. The van der Waals surface area contributed by atoms with Crippen LogP contribution in [0.4, 0.5) is 8.78 Å². The third kappa shape index (κ3) is 9.51. The minimum Gasteiger partial charge on any atom is -0.380 e. The van der Waals surface area contributed by atoms with Crippen molar-refractivity contribution in [1.29, 1.82) is 5.26 Å². The normalized spacial score (nSPS) is 37.3. The number of halogens is 2. The molecule has 9 rings (SSSR count). The summed E-state index contributed by atoms with van der Waals surface area (Å²) in [5.41, 5.74) is 0.666. The number of ether oxygens (including phenoxy) is 1. The van der Waals surface area contributed by atoms with Crippen molar-refractivity contribution in [2.75, 3.05) is 75.5 Å². The Morgan fingerprint density at radius 2 is 1.23 bits per heavy atom. The summed E-state index contributed by atoms with van der Waals surface area (Å²) in [6.45, 7) is 26.1. The molecule has 9 aliphatic rings. The van der Waals surface area contributed by atoms with Crippen molar-refractivity contribution in [3.63, 3.8) is 0 Å². The number of alkyl halides is 2. The van der Waals surface area contributed by atoms with Gasteiger partial charge in [0.15, 0.2) is 19.7 Å². The average molecular weight is 831 g/mol. The quantitative estimate of drug-likeness (QED) is 0.269. The Labute approximate surface area is 339 Å². The molecule has 3 saturated carbocycles. The zero-order chi connectivity index (χ0) is 41.5. The fourth-order valence-electron chi connectivity index (χ4n) is 11.5. The Bertz CT molecular complexity index is 1570. The summed E-state index contributed by atoms with van der Waals surface area (Å²) in [5.74, 6) is 1.79. The van der Waals surface area contributed by atoms with Gasteiger partial charge in [0.25, 0.3) is 0 Å². The molecule has 0 radical (unpaired) electrons. The lowest BCUT2D eigenvalue weighted by molar-refractivity contribution is -0.256. The van der Waals surface area contributed by atoms with E-state index in [1.54, 1.807) is 4.90 Å². The number of fused-ring (bicyclic) bond motifs is 2. The molecule has 2 bridgehead atoms. The summed E-state index contributed by atoms with van der Waals surface area (Å²) in [7, 11) is -5.93. The van der Waals surface area contributed by atoms with Gasteiger partial charge in [-0.15, -0.1) is 0 Å². The van der Waals surface area contributed by atoms with Crippen LogP contribution in [0.2, 0.25) is 0 Å². The molecule has 0 aromatic rings. The lowest BCUT2D eigenvalue weighted by Gasteiger charge is -2.72. The Morgan fingerprint density at radius 1 is 0.750 bits per heavy atom. The van der Waals surface area contributed by atoms with Gasteiger partial charge in [0.2, 0.25) is 0 Å². The second-order valence-corrected chi connectivity index (χ2v) is 24.9. The van der Waals surface area contributed by atoms with Crippen molar-refractivity contribution in [3.8, 4) is 6.07 Å². The van der Waals surface area contributed by atoms with Gasteiger partial charge in [-0.1, -0.05) is 74.7 Å². The van der Waals surface area contributed by atoms with Gasteiger partial charge in [-0.05, 0) is 87.0 Å². The fraction of sp³-hybridized carbons (Fsp3) is 0.977. The van der Waals surface area contributed by atoms with Crippen LogP contribution in [0, 0.1) is 51.8 Å².